The number of allylic oxidation sites excluding steroid dienone is 2. The van der Waals surface area contributed by atoms with E-state index in [1.807, 2.05) is 52.0 Å². The van der Waals surface area contributed by atoms with E-state index in [4.69, 9.17) is 26.2 Å². The van der Waals surface area contributed by atoms with Crippen molar-refractivity contribution >= 4 is 40.0 Å². The summed E-state index contributed by atoms with van der Waals surface area (Å²) in [4.78, 5) is 25.1. The number of nitrogen functional groups attached to an aromatic ring is 2. The number of carbonyl (C=O) groups is 1. The topological polar surface area (TPSA) is 106 Å². The van der Waals surface area contributed by atoms with Crippen molar-refractivity contribution in [2.75, 3.05) is 37.8 Å². The minimum absolute atomic E-state index is 0.0884. The van der Waals surface area contributed by atoms with Crippen LogP contribution in [-0.4, -0.2) is 48.4 Å². The molecule has 0 atom stereocenters. The first kappa shape index (κ1) is 22.7. The summed E-state index contributed by atoms with van der Waals surface area (Å²) in [6.45, 7) is 10.7. The van der Waals surface area contributed by atoms with Crippen LogP contribution in [0.3, 0.4) is 0 Å². The molecule has 1 saturated heterocycles. The highest BCUT2D eigenvalue weighted by molar-refractivity contribution is 6.51. The molecular weight excluding hydrogens is 414 g/mol. The van der Waals surface area contributed by atoms with Crippen molar-refractivity contribution in [2.24, 2.45) is 9.98 Å². The summed E-state index contributed by atoms with van der Waals surface area (Å²) in [5.74, 6) is -0.0884. The van der Waals surface area contributed by atoms with Crippen LogP contribution in [0.1, 0.15) is 28.7 Å². The van der Waals surface area contributed by atoms with Gasteiger partial charge in [0.15, 0.2) is 0 Å². The largest absolute Gasteiger partial charge is 0.399 e. The Hall–Kier alpha value is -3.45. The van der Waals surface area contributed by atoms with Crippen molar-refractivity contribution in [2.45, 2.75) is 34.1 Å². The van der Waals surface area contributed by atoms with E-state index in [1.165, 1.54) is 0 Å². The fourth-order valence-electron chi connectivity index (χ4n) is 4.08. The quantitative estimate of drug-likeness (QED) is 0.691. The maximum absolute atomic E-state index is 13.1. The summed E-state index contributed by atoms with van der Waals surface area (Å²) in [5, 5.41) is 0. The van der Waals surface area contributed by atoms with Crippen LogP contribution in [0.2, 0.25) is 0 Å². The second-order valence-corrected chi connectivity index (χ2v) is 8.63. The van der Waals surface area contributed by atoms with Crippen molar-refractivity contribution in [1.29, 1.82) is 0 Å². The molecule has 2 aliphatic rings. The average molecular weight is 446 g/mol. The van der Waals surface area contributed by atoms with Crippen LogP contribution in [0, 0.1) is 27.7 Å². The summed E-state index contributed by atoms with van der Waals surface area (Å²) >= 11 is 0. The minimum Gasteiger partial charge on any atom is -0.399 e. The van der Waals surface area contributed by atoms with Crippen LogP contribution in [0.25, 0.3) is 0 Å². The lowest BCUT2D eigenvalue weighted by molar-refractivity contribution is -0.109. The number of anilines is 2. The van der Waals surface area contributed by atoms with E-state index in [2.05, 4.69) is 4.90 Å². The molecule has 2 aromatic rings. The number of nitrogens with zero attached hydrogens (tertiary/aromatic N) is 3. The minimum atomic E-state index is -0.0884. The Bertz CT molecular complexity index is 1200. The van der Waals surface area contributed by atoms with Crippen LogP contribution < -0.4 is 11.5 Å². The van der Waals surface area contributed by atoms with Gasteiger partial charge in [-0.05, 0) is 74.2 Å². The fraction of sp³-hybridized carbons (Fsp3) is 0.346. The van der Waals surface area contributed by atoms with E-state index < -0.39 is 0 Å². The van der Waals surface area contributed by atoms with Gasteiger partial charge in [0.1, 0.15) is 0 Å². The molecule has 0 bridgehead atoms. The van der Waals surface area contributed by atoms with E-state index in [0.29, 0.717) is 25.3 Å². The Morgan fingerprint density at radius 1 is 0.788 bits per heavy atom. The molecule has 7 heteroatoms. The van der Waals surface area contributed by atoms with Gasteiger partial charge in [0.2, 0.25) is 5.78 Å². The van der Waals surface area contributed by atoms with Gasteiger partial charge >= 0.3 is 0 Å². The Kier molecular flexibility index (Phi) is 6.33. The van der Waals surface area contributed by atoms with Crippen LogP contribution in [-0.2, 0) is 9.53 Å². The number of ether oxygens (including phenoxy) is 1. The average Bonchev–Trinajstić information content (AvgIpc) is 2.82. The lowest BCUT2D eigenvalue weighted by Crippen LogP contribution is -2.41. The molecular formula is C26H31N5O2. The highest BCUT2D eigenvalue weighted by Gasteiger charge is 2.28. The number of carbonyl (C=O) groups excluding carboxylic acids is 1. The van der Waals surface area contributed by atoms with E-state index in [0.717, 1.165) is 69.5 Å². The van der Waals surface area contributed by atoms with Gasteiger partial charge in [0, 0.05) is 37.0 Å². The third kappa shape index (κ3) is 4.54. The monoisotopic (exact) mass is 445 g/mol. The number of hydrogen-bond donors (Lipinski definition) is 2. The van der Waals surface area contributed by atoms with E-state index >= 15 is 0 Å². The zero-order chi connectivity index (χ0) is 23.7. The molecule has 1 aliphatic carbocycles. The molecule has 4 rings (SSSR count). The third-order valence-corrected chi connectivity index (χ3v) is 6.65. The number of rotatable bonds is 3. The zero-order valence-corrected chi connectivity index (χ0v) is 19.7. The summed E-state index contributed by atoms with van der Waals surface area (Å²) in [7, 11) is 0. The molecule has 0 unspecified atom stereocenters. The van der Waals surface area contributed by atoms with E-state index in [-0.39, 0.29) is 5.78 Å². The molecule has 0 amide bonds. The molecule has 7 nitrogen and oxygen atoms in total. The molecule has 172 valence electrons. The Balaban J connectivity index is 1.80. The predicted molar refractivity (Wildman–Crippen MR) is 135 cm³/mol. The number of nitrogens with two attached hydrogens (primary N) is 2. The molecule has 0 spiro atoms. The van der Waals surface area contributed by atoms with Gasteiger partial charge in [-0.15, -0.1) is 0 Å². The second-order valence-electron chi connectivity index (χ2n) is 8.63. The third-order valence-electron chi connectivity index (χ3n) is 6.65. The highest BCUT2D eigenvalue weighted by atomic mass is 16.5. The predicted octanol–water partition coefficient (Wildman–Crippen LogP) is 4.12. The molecule has 0 aromatic heterocycles. The maximum Gasteiger partial charge on any atom is 0.202 e. The molecule has 0 radical (unpaired) electrons. The lowest BCUT2D eigenvalue weighted by atomic mass is 9.96. The fourth-order valence-corrected chi connectivity index (χ4v) is 4.08. The van der Waals surface area contributed by atoms with Crippen molar-refractivity contribution in [1.82, 2.24) is 4.90 Å². The number of morpholine rings is 1. The first-order valence-electron chi connectivity index (χ1n) is 11.2. The summed E-state index contributed by atoms with van der Waals surface area (Å²) in [6.07, 6.45) is 2.03. The van der Waals surface area contributed by atoms with Gasteiger partial charge in [-0.25, -0.2) is 4.99 Å². The molecule has 1 fully saturated rings. The van der Waals surface area contributed by atoms with Gasteiger partial charge in [0.25, 0.3) is 0 Å². The zero-order valence-electron chi connectivity index (χ0n) is 19.7. The van der Waals surface area contributed by atoms with Crippen LogP contribution in [0.5, 0.6) is 0 Å². The van der Waals surface area contributed by atoms with E-state index in [1.54, 1.807) is 6.08 Å². The summed E-state index contributed by atoms with van der Waals surface area (Å²) in [5.41, 5.74) is 21.3. The Labute approximate surface area is 194 Å². The standard InChI is InChI=1S/C26H31N5O2/c1-15-17(3)21(7-5-19(15)27)29-23-13-24(30-22-8-6-20(28)16(2)18(22)4)26(32)14-25(23)31-9-11-33-12-10-31/h5-8,14H,9-13,27-28H2,1-4H3. The van der Waals surface area contributed by atoms with Crippen LogP contribution >= 0.6 is 0 Å². The number of aliphatic imine (C=N–C) groups is 2. The van der Waals surface area contributed by atoms with Gasteiger partial charge in [-0.2, -0.15) is 0 Å². The van der Waals surface area contributed by atoms with Gasteiger partial charge in [-0.1, -0.05) is 0 Å². The molecule has 4 N–H and O–H groups in total. The van der Waals surface area contributed by atoms with Crippen molar-refractivity contribution in [3.05, 3.63) is 58.3 Å². The van der Waals surface area contributed by atoms with Gasteiger partial charge < -0.3 is 21.1 Å². The van der Waals surface area contributed by atoms with Crippen molar-refractivity contribution in [3.8, 4) is 0 Å². The Morgan fingerprint density at radius 2 is 1.30 bits per heavy atom. The smallest absolute Gasteiger partial charge is 0.202 e. The van der Waals surface area contributed by atoms with Crippen LogP contribution in [0.4, 0.5) is 22.7 Å². The molecule has 1 aliphatic heterocycles. The first-order valence-corrected chi connectivity index (χ1v) is 11.2. The van der Waals surface area contributed by atoms with E-state index in [9.17, 15) is 4.79 Å². The SMILES string of the molecule is Cc1c(N)ccc(N=C2CC(=Nc3ccc(N)c(C)c3C)C(N3CCOCC3)=CC2=O)c1C. The number of benzene rings is 2. The van der Waals surface area contributed by atoms with Crippen molar-refractivity contribution in [3.63, 3.8) is 0 Å². The second kappa shape index (κ2) is 9.19. The maximum atomic E-state index is 13.1. The molecule has 33 heavy (non-hydrogen) atoms. The summed E-state index contributed by atoms with van der Waals surface area (Å²) in [6, 6.07) is 7.51. The number of ketones is 1. The Morgan fingerprint density at radius 3 is 1.85 bits per heavy atom. The first-order chi connectivity index (χ1) is 15.8. The van der Waals surface area contributed by atoms with Gasteiger partial charge in [-0.3, -0.25) is 9.79 Å². The van der Waals surface area contributed by atoms with Crippen molar-refractivity contribution < 1.29 is 9.53 Å². The van der Waals surface area contributed by atoms with Gasteiger partial charge in [0.05, 0.1) is 41.7 Å². The number of hydrogen-bond acceptors (Lipinski definition) is 7. The lowest BCUT2D eigenvalue weighted by Gasteiger charge is -2.33. The van der Waals surface area contributed by atoms with Crippen LogP contribution in [0.15, 0.2) is 46.0 Å². The molecule has 1 heterocycles. The molecule has 2 aromatic carbocycles. The highest BCUT2D eigenvalue weighted by Crippen LogP contribution is 2.30. The molecule has 0 saturated carbocycles. The summed E-state index contributed by atoms with van der Waals surface area (Å²) < 4.78 is 5.51. The normalized spacial score (nSPS) is 19.3.